The minimum atomic E-state index is -0.0798. The number of hydrogen-bond donors (Lipinski definition) is 1. The number of hydrogen-bond acceptors (Lipinski definition) is 2. The maximum absolute atomic E-state index is 13.0. The standard InChI is InChI=1S/C21H29N3O2/c1-4-17(5-2)22-21(25)24-15-14-23-13-7-8-19(23)20(24)16-9-11-18(12-10-16)26-6-3/h7-13,17,20H,4-6,14-15H2,1-3H3,(H,22,25)/t20-/m0/s1. The Balaban J connectivity index is 1.90. The molecule has 0 fully saturated rings. The minimum absolute atomic E-state index is 0.0186. The lowest BCUT2D eigenvalue weighted by molar-refractivity contribution is 0.164. The molecule has 2 amide bonds. The lowest BCUT2D eigenvalue weighted by Crippen LogP contribution is -2.49. The second kappa shape index (κ2) is 8.30. The molecule has 0 aliphatic carbocycles. The summed E-state index contributed by atoms with van der Waals surface area (Å²) >= 11 is 0. The number of nitrogens with zero attached hydrogens (tertiary/aromatic N) is 2. The first-order chi connectivity index (χ1) is 12.7. The van der Waals surface area contributed by atoms with Gasteiger partial charge in [-0.25, -0.2) is 4.79 Å². The van der Waals surface area contributed by atoms with Crippen molar-refractivity contribution in [1.29, 1.82) is 0 Å². The number of carbonyl (C=O) groups excluding carboxylic acids is 1. The van der Waals surface area contributed by atoms with Crippen LogP contribution in [-0.4, -0.2) is 34.7 Å². The van der Waals surface area contributed by atoms with E-state index >= 15 is 0 Å². The molecule has 2 aromatic rings. The van der Waals surface area contributed by atoms with Crippen LogP contribution in [0.25, 0.3) is 0 Å². The van der Waals surface area contributed by atoms with Crippen molar-refractivity contribution in [1.82, 2.24) is 14.8 Å². The fraction of sp³-hybridized carbons (Fsp3) is 0.476. The van der Waals surface area contributed by atoms with Gasteiger partial charge in [0.25, 0.3) is 0 Å². The first-order valence-corrected chi connectivity index (χ1v) is 9.62. The molecule has 0 unspecified atom stereocenters. The molecule has 1 N–H and O–H groups in total. The number of nitrogens with one attached hydrogen (secondary N) is 1. The van der Waals surface area contributed by atoms with Gasteiger partial charge in [-0.2, -0.15) is 0 Å². The van der Waals surface area contributed by atoms with E-state index in [-0.39, 0.29) is 18.1 Å². The summed E-state index contributed by atoms with van der Waals surface area (Å²) in [5.74, 6) is 0.857. The molecule has 5 nitrogen and oxygen atoms in total. The Labute approximate surface area is 156 Å². The highest BCUT2D eigenvalue weighted by atomic mass is 16.5. The summed E-state index contributed by atoms with van der Waals surface area (Å²) in [7, 11) is 0. The molecule has 1 aromatic heterocycles. The van der Waals surface area contributed by atoms with Gasteiger partial charge in [-0.15, -0.1) is 0 Å². The Hall–Kier alpha value is -2.43. The number of rotatable bonds is 6. The molecule has 1 aliphatic rings. The van der Waals surface area contributed by atoms with Gasteiger partial charge in [0.05, 0.1) is 12.6 Å². The normalized spacial score (nSPS) is 16.5. The van der Waals surface area contributed by atoms with Crippen LogP contribution in [0.5, 0.6) is 5.75 Å². The molecule has 1 atom stereocenters. The fourth-order valence-electron chi connectivity index (χ4n) is 3.62. The fourth-order valence-corrected chi connectivity index (χ4v) is 3.62. The van der Waals surface area contributed by atoms with Crippen molar-refractivity contribution in [2.24, 2.45) is 0 Å². The number of amides is 2. The minimum Gasteiger partial charge on any atom is -0.494 e. The second-order valence-electron chi connectivity index (χ2n) is 6.69. The molecular weight excluding hydrogens is 326 g/mol. The Morgan fingerprint density at radius 3 is 2.54 bits per heavy atom. The van der Waals surface area contributed by atoms with Crippen molar-refractivity contribution in [2.75, 3.05) is 13.2 Å². The predicted octanol–water partition coefficient (Wildman–Crippen LogP) is 4.19. The monoisotopic (exact) mass is 355 g/mol. The lowest BCUT2D eigenvalue weighted by Gasteiger charge is -2.38. The lowest BCUT2D eigenvalue weighted by atomic mass is 10.00. The van der Waals surface area contributed by atoms with Gasteiger partial charge < -0.3 is 19.5 Å². The van der Waals surface area contributed by atoms with Crippen LogP contribution in [0.3, 0.4) is 0 Å². The van der Waals surface area contributed by atoms with Gasteiger partial charge >= 0.3 is 6.03 Å². The molecule has 1 aliphatic heterocycles. The zero-order valence-corrected chi connectivity index (χ0v) is 15.9. The number of aromatic nitrogens is 1. The largest absolute Gasteiger partial charge is 0.494 e. The van der Waals surface area contributed by atoms with Crippen molar-refractivity contribution >= 4 is 6.03 Å². The number of carbonyl (C=O) groups is 1. The predicted molar refractivity (Wildman–Crippen MR) is 103 cm³/mol. The van der Waals surface area contributed by atoms with Gasteiger partial charge in [-0.1, -0.05) is 26.0 Å². The van der Waals surface area contributed by atoms with Gasteiger partial charge in [0.15, 0.2) is 0 Å². The average molecular weight is 355 g/mol. The van der Waals surface area contributed by atoms with Crippen LogP contribution in [0.1, 0.15) is 50.9 Å². The molecular formula is C21H29N3O2. The highest BCUT2D eigenvalue weighted by Crippen LogP contribution is 2.33. The van der Waals surface area contributed by atoms with Crippen LogP contribution >= 0.6 is 0 Å². The molecule has 1 aromatic carbocycles. The SMILES string of the molecule is CCOc1ccc([C@H]2c3cccn3CCN2C(=O)NC(CC)CC)cc1. The Morgan fingerprint density at radius 2 is 1.88 bits per heavy atom. The van der Waals surface area contributed by atoms with Gasteiger partial charge in [-0.05, 0) is 49.6 Å². The third-order valence-electron chi connectivity index (χ3n) is 5.12. The van der Waals surface area contributed by atoms with Gasteiger partial charge in [-0.3, -0.25) is 0 Å². The van der Waals surface area contributed by atoms with Crippen LogP contribution < -0.4 is 10.1 Å². The van der Waals surface area contributed by atoms with E-state index in [0.29, 0.717) is 13.2 Å². The van der Waals surface area contributed by atoms with Gasteiger partial charge in [0, 0.05) is 31.0 Å². The van der Waals surface area contributed by atoms with E-state index in [1.54, 1.807) is 0 Å². The van der Waals surface area contributed by atoms with E-state index in [1.165, 1.54) is 0 Å². The van der Waals surface area contributed by atoms with E-state index < -0.39 is 0 Å². The van der Waals surface area contributed by atoms with Crippen molar-refractivity contribution < 1.29 is 9.53 Å². The highest BCUT2D eigenvalue weighted by molar-refractivity contribution is 5.76. The maximum Gasteiger partial charge on any atom is 0.318 e. The maximum atomic E-state index is 13.0. The summed E-state index contributed by atoms with van der Waals surface area (Å²) in [6.45, 7) is 8.37. The molecule has 0 bridgehead atoms. The number of ether oxygens (including phenoxy) is 1. The van der Waals surface area contributed by atoms with Crippen LogP contribution in [0.15, 0.2) is 42.6 Å². The Morgan fingerprint density at radius 1 is 1.15 bits per heavy atom. The van der Waals surface area contributed by atoms with E-state index in [9.17, 15) is 4.79 Å². The summed E-state index contributed by atoms with van der Waals surface area (Å²) in [6, 6.07) is 12.4. The van der Waals surface area contributed by atoms with Crippen LogP contribution in [0.4, 0.5) is 4.79 Å². The average Bonchev–Trinajstić information content (AvgIpc) is 3.15. The number of benzene rings is 1. The summed E-state index contributed by atoms with van der Waals surface area (Å²) < 4.78 is 7.80. The zero-order chi connectivity index (χ0) is 18.5. The molecule has 140 valence electrons. The van der Waals surface area contributed by atoms with Crippen molar-refractivity contribution in [3.05, 3.63) is 53.9 Å². The smallest absolute Gasteiger partial charge is 0.318 e. The van der Waals surface area contributed by atoms with E-state index in [0.717, 1.165) is 36.4 Å². The van der Waals surface area contributed by atoms with Crippen LogP contribution in [0, 0.1) is 0 Å². The molecule has 5 heteroatoms. The van der Waals surface area contributed by atoms with Crippen molar-refractivity contribution in [2.45, 2.75) is 52.2 Å². The van der Waals surface area contributed by atoms with Gasteiger partial charge in [0.1, 0.15) is 5.75 Å². The molecule has 3 rings (SSSR count). The van der Waals surface area contributed by atoms with E-state index in [4.69, 9.17) is 4.74 Å². The summed E-state index contributed by atoms with van der Waals surface area (Å²) in [5, 5.41) is 3.19. The van der Waals surface area contributed by atoms with E-state index in [1.807, 2.05) is 24.0 Å². The van der Waals surface area contributed by atoms with Crippen LogP contribution in [0.2, 0.25) is 0 Å². The van der Waals surface area contributed by atoms with Crippen molar-refractivity contribution in [3.63, 3.8) is 0 Å². The summed E-state index contributed by atoms with van der Waals surface area (Å²) in [6.07, 6.45) is 3.98. The molecule has 0 saturated carbocycles. The quantitative estimate of drug-likeness (QED) is 0.844. The Bertz CT molecular complexity index is 719. The molecule has 26 heavy (non-hydrogen) atoms. The van der Waals surface area contributed by atoms with Crippen LogP contribution in [-0.2, 0) is 6.54 Å². The zero-order valence-electron chi connectivity index (χ0n) is 15.9. The van der Waals surface area contributed by atoms with E-state index in [2.05, 4.69) is 54.2 Å². The first kappa shape index (κ1) is 18.4. The second-order valence-corrected chi connectivity index (χ2v) is 6.69. The highest BCUT2D eigenvalue weighted by Gasteiger charge is 2.32. The molecule has 0 saturated heterocycles. The number of urea groups is 1. The molecule has 0 spiro atoms. The Kier molecular flexibility index (Phi) is 5.86. The summed E-state index contributed by atoms with van der Waals surface area (Å²) in [4.78, 5) is 15.0. The first-order valence-electron chi connectivity index (χ1n) is 9.62. The topological polar surface area (TPSA) is 46.5 Å². The van der Waals surface area contributed by atoms with Gasteiger partial charge in [0.2, 0.25) is 0 Å². The van der Waals surface area contributed by atoms with Crippen molar-refractivity contribution in [3.8, 4) is 5.75 Å². The number of fused-ring (bicyclic) bond motifs is 1. The third kappa shape index (κ3) is 3.71. The molecule has 0 radical (unpaired) electrons. The molecule has 2 heterocycles. The summed E-state index contributed by atoms with van der Waals surface area (Å²) in [5.41, 5.74) is 2.26. The third-order valence-corrected chi connectivity index (χ3v) is 5.12.